The molecule has 84 valence electrons. The Bertz CT molecular complexity index is 344. The second-order valence-electron chi connectivity index (χ2n) is 4.56. The van der Waals surface area contributed by atoms with Crippen LogP contribution in [0, 0.1) is 18.7 Å². The van der Waals surface area contributed by atoms with Gasteiger partial charge in [0.1, 0.15) is 5.82 Å². The minimum absolute atomic E-state index is 0.174. The molecule has 0 aliphatic heterocycles. The Labute approximate surface area is 91.5 Å². The molecule has 0 spiro atoms. The number of nitrogens with two attached hydrogens (primary N) is 1. The maximum absolute atomic E-state index is 13.4. The molecule has 0 saturated carbocycles. The monoisotopic (exact) mass is 209 g/mol. The highest BCUT2D eigenvalue weighted by molar-refractivity contribution is 5.29. The van der Waals surface area contributed by atoms with E-state index >= 15 is 0 Å². The quantitative estimate of drug-likeness (QED) is 0.811. The van der Waals surface area contributed by atoms with Crippen LogP contribution in [0.1, 0.15) is 38.3 Å². The van der Waals surface area contributed by atoms with Crippen LogP contribution in [0.5, 0.6) is 0 Å². The van der Waals surface area contributed by atoms with Crippen LogP contribution in [0.3, 0.4) is 0 Å². The van der Waals surface area contributed by atoms with Gasteiger partial charge < -0.3 is 5.73 Å². The highest BCUT2D eigenvalue weighted by Crippen LogP contribution is 2.29. The molecule has 0 amide bonds. The summed E-state index contributed by atoms with van der Waals surface area (Å²) in [5.41, 5.74) is 7.33. The fraction of sp³-hybridized carbons (Fsp3) is 0.538. The van der Waals surface area contributed by atoms with Crippen LogP contribution in [0.2, 0.25) is 0 Å². The fourth-order valence-corrected chi connectivity index (χ4v) is 1.64. The molecule has 0 saturated heterocycles. The van der Waals surface area contributed by atoms with Crippen molar-refractivity contribution in [3.05, 3.63) is 35.1 Å². The molecule has 2 heteroatoms. The molecule has 2 unspecified atom stereocenters. The molecule has 0 aromatic heterocycles. The molecular formula is C13H20FN. The van der Waals surface area contributed by atoms with Gasteiger partial charge >= 0.3 is 0 Å². The molecule has 0 heterocycles. The van der Waals surface area contributed by atoms with E-state index in [0.717, 1.165) is 12.0 Å². The summed E-state index contributed by atoms with van der Waals surface area (Å²) >= 11 is 0. The normalized spacial score (nSPS) is 17.2. The molecule has 0 radical (unpaired) electrons. The van der Waals surface area contributed by atoms with Gasteiger partial charge in [0, 0.05) is 5.54 Å². The van der Waals surface area contributed by atoms with Gasteiger partial charge in [0.25, 0.3) is 0 Å². The molecule has 1 aromatic rings. The fourth-order valence-electron chi connectivity index (χ4n) is 1.64. The Morgan fingerprint density at radius 3 is 2.53 bits per heavy atom. The van der Waals surface area contributed by atoms with Crippen molar-refractivity contribution in [2.75, 3.05) is 0 Å². The van der Waals surface area contributed by atoms with Crippen LogP contribution < -0.4 is 5.73 Å². The number of halogens is 1. The Kier molecular flexibility index (Phi) is 3.50. The van der Waals surface area contributed by atoms with Crippen molar-refractivity contribution in [2.24, 2.45) is 11.7 Å². The summed E-state index contributed by atoms with van der Waals surface area (Å²) in [6.45, 7) is 7.92. The van der Waals surface area contributed by atoms with Gasteiger partial charge in [-0.3, -0.25) is 0 Å². The number of rotatable bonds is 3. The summed E-state index contributed by atoms with van der Waals surface area (Å²) in [5, 5.41) is 0. The Morgan fingerprint density at radius 2 is 2.07 bits per heavy atom. The first-order chi connectivity index (χ1) is 6.89. The van der Waals surface area contributed by atoms with E-state index in [1.807, 2.05) is 13.0 Å². The van der Waals surface area contributed by atoms with Gasteiger partial charge in [-0.25, -0.2) is 4.39 Å². The molecule has 1 nitrogen and oxygen atoms in total. The van der Waals surface area contributed by atoms with E-state index in [0.29, 0.717) is 11.5 Å². The average Bonchev–Trinajstić information content (AvgIpc) is 2.20. The third-order valence-corrected chi connectivity index (χ3v) is 3.43. The first kappa shape index (κ1) is 12.2. The first-order valence-electron chi connectivity index (χ1n) is 5.45. The van der Waals surface area contributed by atoms with Crippen molar-refractivity contribution in [1.29, 1.82) is 0 Å². The van der Waals surface area contributed by atoms with Crippen LogP contribution in [0.15, 0.2) is 18.2 Å². The van der Waals surface area contributed by atoms with E-state index in [1.165, 1.54) is 0 Å². The lowest BCUT2D eigenvalue weighted by molar-refractivity contribution is 0.315. The van der Waals surface area contributed by atoms with Crippen LogP contribution >= 0.6 is 0 Å². The first-order valence-corrected chi connectivity index (χ1v) is 5.45. The number of hydrogen-bond donors (Lipinski definition) is 1. The van der Waals surface area contributed by atoms with Crippen molar-refractivity contribution in [3.8, 4) is 0 Å². The Hall–Kier alpha value is -0.890. The lowest BCUT2D eigenvalue weighted by Gasteiger charge is -2.31. The summed E-state index contributed by atoms with van der Waals surface area (Å²) in [5.74, 6) is 0.159. The van der Waals surface area contributed by atoms with Gasteiger partial charge in [-0.2, -0.15) is 0 Å². The van der Waals surface area contributed by atoms with E-state index in [-0.39, 0.29) is 5.82 Å². The lowest BCUT2D eigenvalue weighted by Crippen LogP contribution is -2.39. The van der Waals surface area contributed by atoms with Crippen molar-refractivity contribution in [3.63, 3.8) is 0 Å². The molecule has 0 aliphatic carbocycles. The van der Waals surface area contributed by atoms with Gasteiger partial charge in [-0.15, -0.1) is 0 Å². The third kappa shape index (κ3) is 2.37. The Balaban J connectivity index is 3.10. The third-order valence-electron chi connectivity index (χ3n) is 3.43. The molecule has 1 aromatic carbocycles. The van der Waals surface area contributed by atoms with Gasteiger partial charge in [0.15, 0.2) is 0 Å². The highest BCUT2D eigenvalue weighted by atomic mass is 19.1. The number of hydrogen-bond acceptors (Lipinski definition) is 1. The zero-order valence-electron chi connectivity index (χ0n) is 9.97. The van der Waals surface area contributed by atoms with Gasteiger partial charge in [-0.1, -0.05) is 32.4 Å². The summed E-state index contributed by atoms with van der Waals surface area (Å²) in [7, 11) is 0. The van der Waals surface area contributed by atoms with Gasteiger partial charge in [0.05, 0.1) is 0 Å². The van der Waals surface area contributed by atoms with E-state index < -0.39 is 5.54 Å². The number of aryl methyl sites for hydroxylation is 1. The molecule has 0 fully saturated rings. The van der Waals surface area contributed by atoms with Crippen LogP contribution in [0.4, 0.5) is 4.39 Å². The van der Waals surface area contributed by atoms with Gasteiger partial charge in [0.2, 0.25) is 0 Å². The van der Waals surface area contributed by atoms with E-state index in [1.54, 1.807) is 19.1 Å². The van der Waals surface area contributed by atoms with Gasteiger partial charge in [-0.05, 0) is 37.0 Å². The maximum Gasteiger partial charge on any atom is 0.126 e. The lowest BCUT2D eigenvalue weighted by atomic mass is 9.80. The largest absolute Gasteiger partial charge is 0.321 e. The van der Waals surface area contributed by atoms with Crippen molar-refractivity contribution in [1.82, 2.24) is 0 Å². The average molecular weight is 209 g/mol. The molecule has 2 atom stereocenters. The van der Waals surface area contributed by atoms with E-state index in [4.69, 9.17) is 5.73 Å². The summed E-state index contributed by atoms with van der Waals surface area (Å²) in [6.07, 6.45) is 0.989. The Morgan fingerprint density at radius 1 is 1.47 bits per heavy atom. The maximum atomic E-state index is 13.4. The second kappa shape index (κ2) is 4.31. The minimum atomic E-state index is -0.455. The SMILES string of the molecule is CCC(C)C(C)(N)c1ccc(C)c(F)c1. The molecule has 0 bridgehead atoms. The molecular weight excluding hydrogens is 189 g/mol. The standard InChI is InChI=1S/C13H20FN/c1-5-10(3)13(4,15)11-7-6-9(2)12(14)8-11/h6-8,10H,5,15H2,1-4H3. The van der Waals surface area contributed by atoms with E-state index in [9.17, 15) is 4.39 Å². The van der Waals surface area contributed by atoms with Crippen LogP contribution in [-0.2, 0) is 5.54 Å². The predicted octanol–water partition coefficient (Wildman–Crippen LogP) is 3.35. The van der Waals surface area contributed by atoms with E-state index in [2.05, 4.69) is 13.8 Å². The zero-order valence-corrected chi connectivity index (χ0v) is 9.97. The molecule has 2 N–H and O–H groups in total. The van der Waals surface area contributed by atoms with Crippen LogP contribution in [0.25, 0.3) is 0 Å². The molecule has 15 heavy (non-hydrogen) atoms. The minimum Gasteiger partial charge on any atom is -0.321 e. The molecule has 0 aliphatic rings. The number of benzene rings is 1. The summed E-state index contributed by atoms with van der Waals surface area (Å²) in [6, 6.07) is 5.27. The second-order valence-corrected chi connectivity index (χ2v) is 4.56. The molecule has 1 rings (SSSR count). The van der Waals surface area contributed by atoms with Crippen molar-refractivity contribution >= 4 is 0 Å². The topological polar surface area (TPSA) is 26.0 Å². The van der Waals surface area contributed by atoms with Crippen molar-refractivity contribution < 1.29 is 4.39 Å². The predicted molar refractivity (Wildman–Crippen MR) is 62.1 cm³/mol. The smallest absolute Gasteiger partial charge is 0.126 e. The summed E-state index contributed by atoms with van der Waals surface area (Å²) < 4.78 is 13.4. The highest BCUT2D eigenvalue weighted by Gasteiger charge is 2.27. The zero-order chi connectivity index (χ0) is 11.6. The van der Waals surface area contributed by atoms with Crippen LogP contribution in [-0.4, -0.2) is 0 Å². The van der Waals surface area contributed by atoms with Crippen molar-refractivity contribution in [2.45, 2.75) is 39.7 Å². The summed E-state index contributed by atoms with van der Waals surface area (Å²) in [4.78, 5) is 0.